The van der Waals surface area contributed by atoms with Gasteiger partial charge in [0, 0.05) is 69.5 Å². The Balaban J connectivity index is 0.000000163. The Labute approximate surface area is 831 Å². The fraction of sp³-hybridized carbons (Fsp3) is 0.158. The van der Waals surface area contributed by atoms with Gasteiger partial charge in [-0.2, -0.15) is 0 Å². The van der Waals surface area contributed by atoms with E-state index in [2.05, 4.69) is 0 Å². The molecule has 16 aromatic rings. The van der Waals surface area contributed by atoms with Crippen LogP contribution >= 0.6 is 0 Å². The molecular formula is C114H100O32. The Morgan fingerprint density at radius 2 is 0.452 bits per heavy atom. The van der Waals surface area contributed by atoms with Crippen molar-refractivity contribution in [3.05, 3.63) is 309 Å². The second kappa shape index (κ2) is 46.0. The minimum Gasteiger partial charge on any atom is -0.508 e. The smallest absolute Gasteiger partial charge is 0.309 e. The van der Waals surface area contributed by atoms with E-state index in [1.165, 1.54) is 136 Å². The lowest BCUT2D eigenvalue weighted by atomic mass is 9.93. The summed E-state index contributed by atoms with van der Waals surface area (Å²) in [6, 6.07) is 55.6. The second-order valence-corrected chi connectivity index (χ2v) is 34.7. The molecule has 0 aliphatic heterocycles. The van der Waals surface area contributed by atoms with Crippen LogP contribution in [-0.4, -0.2) is 153 Å². The number of aryl methyl sites for hydroxylation is 4. The summed E-state index contributed by atoms with van der Waals surface area (Å²) in [4.78, 5) is 99.0. The molecule has 0 aliphatic rings. The highest BCUT2D eigenvalue weighted by molar-refractivity contribution is 6.05. The number of carbonyl (C=O) groups excluding carboxylic acids is 6. The number of rotatable bonds is 32. The van der Waals surface area contributed by atoms with E-state index < -0.39 is 59.1 Å². The Kier molecular flexibility index (Phi) is 32.9. The summed E-state index contributed by atoms with van der Waals surface area (Å²) in [5, 5.41) is 179. The summed E-state index contributed by atoms with van der Waals surface area (Å²) in [6.45, 7) is 7.01. The average Bonchev–Trinajstić information content (AvgIpc) is 1.65. The van der Waals surface area contributed by atoms with Crippen LogP contribution in [0.25, 0.3) is 113 Å². The van der Waals surface area contributed by atoms with E-state index in [0.717, 1.165) is 0 Å². The van der Waals surface area contributed by atoms with E-state index in [1.54, 1.807) is 173 Å². The number of esters is 2. The van der Waals surface area contributed by atoms with Gasteiger partial charge in [0.25, 0.3) is 0 Å². The number of aliphatic carboxylic acids is 2. The van der Waals surface area contributed by atoms with Crippen LogP contribution in [0, 0.1) is 51.4 Å². The van der Waals surface area contributed by atoms with Crippen LogP contribution in [0.5, 0.6) is 92.0 Å². The van der Waals surface area contributed by atoms with Crippen LogP contribution in [-0.2, 0) is 73.5 Å². The fourth-order valence-electron chi connectivity index (χ4n) is 15.9. The molecule has 0 fully saturated rings. The minimum atomic E-state index is -1.11. The Morgan fingerprint density at radius 1 is 0.247 bits per heavy atom. The first kappa shape index (κ1) is 104. The molecule has 0 amide bonds. The standard InChI is InChI=1S/2C29H26O8.2C28H24O8/c2*1-16-3-4-17(12-25(16)33)11-20(29(35)36-2)13-21(30)8-5-18-6-10-24(32)28-22(18)15-27(37-28)19-7-9-23(31)26(34)14-19;2*1-15-2-3-16(11-24(15)32)10-19(28(34)35)12-20(29)7-4-17-5-9-23(31)27-21(17)14-26(36-27)18-6-8-22(30)25(33)13-18/h2*3-10,12,14-15,20,31-34H,11,13H2,1-2H3;2*2-9,11,13-14,19,30-33H,10,12H2,1H3,(H,34,35)/b2*8-5+;2*7-4+/t2*20-;2*19-/m1010/s1. The van der Waals surface area contributed by atoms with Crippen molar-refractivity contribution in [3.8, 4) is 137 Å². The van der Waals surface area contributed by atoms with Crippen molar-refractivity contribution in [2.45, 2.75) is 79.1 Å². The Bertz CT molecular complexity index is 7380. The van der Waals surface area contributed by atoms with Gasteiger partial charge in [-0.3, -0.25) is 38.4 Å². The van der Waals surface area contributed by atoms with Gasteiger partial charge in [0.2, 0.25) is 0 Å². The highest BCUT2D eigenvalue weighted by atomic mass is 16.5. The van der Waals surface area contributed by atoms with Gasteiger partial charge >= 0.3 is 23.9 Å². The number of furan rings is 4. The van der Waals surface area contributed by atoms with Crippen LogP contribution in [0.4, 0.5) is 0 Å². The number of ketones is 4. The van der Waals surface area contributed by atoms with Gasteiger partial charge in [-0.15, -0.1) is 0 Å². The van der Waals surface area contributed by atoms with Crippen LogP contribution < -0.4 is 0 Å². The molecule has 16 rings (SSSR count). The summed E-state index contributed by atoms with van der Waals surface area (Å²) in [6.07, 6.45) is 11.5. The fourth-order valence-corrected chi connectivity index (χ4v) is 15.9. The topological polar surface area (TPSA) is 572 Å². The quantitative estimate of drug-likeness (QED) is 0.0106. The molecule has 4 heterocycles. The predicted octanol–water partition coefficient (Wildman–Crippen LogP) is 20.8. The number of aromatic hydroxyl groups is 16. The van der Waals surface area contributed by atoms with Gasteiger partial charge in [-0.25, -0.2) is 0 Å². The number of hydrogen-bond donors (Lipinski definition) is 18. The van der Waals surface area contributed by atoms with Crippen LogP contribution in [0.2, 0.25) is 0 Å². The molecule has 748 valence electrons. The summed E-state index contributed by atoms with van der Waals surface area (Å²) < 4.78 is 32.8. The third-order valence-electron chi connectivity index (χ3n) is 24.2. The number of fused-ring (bicyclic) bond motifs is 4. The molecule has 0 spiro atoms. The Morgan fingerprint density at radius 3 is 0.651 bits per heavy atom. The molecule has 0 aliphatic carbocycles. The van der Waals surface area contributed by atoms with Crippen molar-refractivity contribution < 1.29 is 157 Å². The van der Waals surface area contributed by atoms with Gasteiger partial charge in [0.1, 0.15) is 46.0 Å². The first-order valence-electron chi connectivity index (χ1n) is 45.3. The molecule has 0 saturated carbocycles. The normalized spacial score (nSPS) is 12.2. The summed E-state index contributed by atoms with van der Waals surface area (Å²) in [5.74, 6) is -9.13. The molecule has 146 heavy (non-hydrogen) atoms. The molecule has 32 nitrogen and oxygen atoms in total. The molecule has 12 aromatic carbocycles. The number of carbonyl (C=O) groups is 8. The van der Waals surface area contributed by atoms with Crippen LogP contribution in [0.15, 0.2) is 260 Å². The zero-order valence-electron chi connectivity index (χ0n) is 79.1. The van der Waals surface area contributed by atoms with Gasteiger partial charge < -0.3 is 119 Å². The van der Waals surface area contributed by atoms with E-state index in [0.29, 0.717) is 134 Å². The van der Waals surface area contributed by atoms with Crippen molar-refractivity contribution in [2.24, 2.45) is 23.7 Å². The van der Waals surface area contributed by atoms with E-state index in [1.807, 2.05) is 0 Å². The summed E-state index contributed by atoms with van der Waals surface area (Å²) in [5.41, 5.74) is 10.4. The van der Waals surface area contributed by atoms with Crippen molar-refractivity contribution in [1.82, 2.24) is 0 Å². The molecular weight excluding hydrogens is 1880 g/mol. The lowest BCUT2D eigenvalue weighted by Crippen LogP contribution is -2.21. The molecule has 4 atom stereocenters. The van der Waals surface area contributed by atoms with Crippen molar-refractivity contribution in [3.63, 3.8) is 0 Å². The maximum absolute atomic E-state index is 12.8. The molecule has 18 N–H and O–H groups in total. The number of hydrogen-bond acceptors (Lipinski definition) is 30. The Hall–Kier alpha value is -18.9. The third kappa shape index (κ3) is 25.8. The van der Waals surface area contributed by atoms with Gasteiger partial charge in [-0.1, -0.05) is 97.1 Å². The van der Waals surface area contributed by atoms with Crippen molar-refractivity contribution in [2.75, 3.05) is 14.2 Å². The van der Waals surface area contributed by atoms with E-state index in [-0.39, 0.29) is 177 Å². The van der Waals surface area contributed by atoms with E-state index in [9.17, 15) is 130 Å². The number of carboxylic acid groups (broad SMARTS) is 2. The van der Waals surface area contributed by atoms with Gasteiger partial charge in [0.05, 0.1) is 37.9 Å². The first-order valence-corrected chi connectivity index (χ1v) is 45.3. The lowest BCUT2D eigenvalue weighted by molar-refractivity contribution is -0.147. The number of methoxy groups -OCH3 is 2. The number of allylic oxidation sites excluding steroid dienone is 4. The van der Waals surface area contributed by atoms with Crippen LogP contribution in [0.1, 0.15) is 92.4 Å². The summed E-state index contributed by atoms with van der Waals surface area (Å²) >= 11 is 0. The molecule has 0 unspecified atom stereocenters. The minimum absolute atomic E-state index is 0.0706. The summed E-state index contributed by atoms with van der Waals surface area (Å²) in [7, 11) is 2.53. The highest BCUT2D eigenvalue weighted by Gasteiger charge is 2.29. The monoisotopic (exact) mass is 1980 g/mol. The first-order chi connectivity index (χ1) is 69.5. The number of phenolic OH excluding ortho intramolecular Hbond substituents is 16. The highest BCUT2D eigenvalue weighted by Crippen LogP contribution is 2.45. The zero-order chi connectivity index (χ0) is 105. The number of phenols is 16. The van der Waals surface area contributed by atoms with E-state index in [4.69, 9.17) is 27.1 Å². The third-order valence-corrected chi connectivity index (χ3v) is 24.2. The average molecular weight is 1980 g/mol. The largest absolute Gasteiger partial charge is 0.508 e. The van der Waals surface area contributed by atoms with Crippen molar-refractivity contribution in [1.29, 1.82) is 0 Å². The molecule has 4 aromatic heterocycles. The molecule has 32 heteroatoms. The van der Waals surface area contributed by atoms with Crippen molar-refractivity contribution >= 4 is 115 Å². The number of carboxylic acids is 2. The van der Waals surface area contributed by atoms with Gasteiger partial charge in [-0.05, 0) is 290 Å². The second-order valence-electron chi connectivity index (χ2n) is 34.7. The van der Waals surface area contributed by atoms with E-state index >= 15 is 0 Å². The SMILES string of the molecule is COC(=O)[C@@H](CC(=O)/C=C/c1ccc(O)c2oc(-c3ccc(O)c(O)c3)cc12)Cc1ccc(C)c(O)c1.COC(=O)[C@H](CC(=O)/C=C/c1ccc(O)c2oc(-c3ccc(O)c(O)c3)cc12)Cc1ccc(C)c(O)c1.Cc1ccc(C[C@@H](CC(=O)/C=C/c2ccc(O)c3oc(-c4ccc(O)c(O)c4)cc23)C(=O)O)cc1O.Cc1ccc(C[C@H](CC(=O)/C=C/c2ccc(O)c3oc(-c4ccc(O)c(O)c4)cc23)C(=O)O)cc1O. The lowest BCUT2D eigenvalue weighted by Gasteiger charge is -2.14. The molecule has 0 bridgehead atoms. The molecule has 0 saturated heterocycles. The number of ether oxygens (including phenoxy) is 2. The van der Waals surface area contributed by atoms with Crippen LogP contribution in [0.3, 0.4) is 0 Å². The maximum Gasteiger partial charge on any atom is 0.309 e. The predicted molar refractivity (Wildman–Crippen MR) is 541 cm³/mol. The number of benzene rings is 12. The molecule has 0 radical (unpaired) electrons. The maximum atomic E-state index is 12.8. The van der Waals surface area contributed by atoms with Gasteiger partial charge in [0.15, 0.2) is 114 Å². The zero-order valence-corrected chi connectivity index (χ0v) is 79.1.